The minimum absolute atomic E-state index is 0.0607. The summed E-state index contributed by atoms with van der Waals surface area (Å²) in [7, 11) is 1.64. The van der Waals surface area contributed by atoms with Crippen LogP contribution in [-0.4, -0.2) is 50.3 Å². The lowest BCUT2D eigenvalue weighted by Crippen LogP contribution is -2.54. The van der Waals surface area contributed by atoms with Crippen LogP contribution in [0.3, 0.4) is 0 Å². The summed E-state index contributed by atoms with van der Waals surface area (Å²) < 4.78 is 16.1. The van der Waals surface area contributed by atoms with Gasteiger partial charge in [0.05, 0.1) is 25.4 Å². The monoisotopic (exact) mass is 232 g/mol. The van der Waals surface area contributed by atoms with Gasteiger partial charge in [-0.1, -0.05) is 13.8 Å². The van der Waals surface area contributed by atoms with Gasteiger partial charge in [-0.3, -0.25) is 0 Å². The van der Waals surface area contributed by atoms with Gasteiger partial charge in [-0.05, 0) is 12.3 Å². The summed E-state index contributed by atoms with van der Waals surface area (Å²) in [5.74, 6) is 0.651. The summed E-state index contributed by atoms with van der Waals surface area (Å²) >= 11 is 0. The number of aliphatic hydroxyl groups is 1. The molecule has 1 saturated carbocycles. The first-order valence-electron chi connectivity index (χ1n) is 6.05. The van der Waals surface area contributed by atoms with E-state index in [0.717, 1.165) is 13.0 Å². The highest BCUT2D eigenvalue weighted by atomic mass is 16.6. The number of ether oxygens (including phenoxy) is 3. The molecule has 16 heavy (non-hydrogen) atoms. The third-order valence-electron chi connectivity index (χ3n) is 2.84. The van der Waals surface area contributed by atoms with Crippen LogP contribution >= 0.6 is 0 Å². The van der Waals surface area contributed by atoms with Crippen LogP contribution in [0, 0.1) is 5.92 Å². The third kappa shape index (κ3) is 4.37. The molecule has 1 rings (SSSR count). The summed E-state index contributed by atoms with van der Waals surface area (Å²) in [6, 6.07) is 0. The van der Waals surface area contributed by atoms with Crippen LogP contribution in [0.5, 0.6) is 0 Å². The zero-order valence-electron chi connectivity index (χ0n) is 10.5. The molecule has 0 aromatic rings. The molecule has 3 atom stereocenters. The molecule has 1 aliphatic carbocycles. The molecule has 96 valence electrons. The lowest BCUT2D eigenvalue weighted by atomic mass is 9.88. The summed E-state index contributed by atoms with van der Waals surface area (Å²) in [6.07, 6.45) is 1.27. The van der Waals surface area contributed by atoms with Gasteiger partial charge in [0.1, 0.15) is 6.10 Å². The van der Waals surface area contributed by atoms with Gasteiger partial charge >= 0.3 is 0 Å². The number of methoxy groups -OCH3 is 1. The molecule has 0 radical (unpaired) electrons. The molecular formula is C12H24O4. The van der Waals surface area contributed by atoms with E-state index >= 15 is 0 Å². The van der Waals surface area contributed by atoms with Crippen molar-refractivity contribution in [3.63, 3.8) is 0 Å². The van der Waals surface area contributed by atoms with E-state index in [1.807, 2.05) is 0 Å². The second kappa shape index (κ2) is 7.22. The van der Waals surface area contributed by atoms with E-state index in [0.29, 0.717) is 25.6 Å². The van der Waals surface area contributed by atoms with E-state index in [9.17, 15) is 5.11 Å². The quantitative estimate of drug-likeness (QED) is 0.639. The predicted molar refractivity (Wildman–Crippen MR) is 61.4 cm³/mol. The summed E-state index contributed by atoms with van der Waals surface area (Å²) in [4.78, 5) is 0. The van der Waals surface area contributed by atoms with Gasteiger partial charge in [0.2, 0.25) is 0 Å². The summed E-state index contributed by atoms with van der Waals surface area (Å²) in [5.41, 5.74) is 0. The maximum atomic E-state index is 9.54. The standard InChI is InChI=1S/C12H24O4/c1-9(2)4-5-15-11-8-10(13)12(11)16-7-6-14-3/h9-13H,4-8H2,1-3H3. The predicted octanol–water partition coefficient (Wildman–Crippen LogP) is 1.21. The average Bonchev–Trinajstić information content (AvgIpc) is 2.22. The molecular weight excluding hydrogens is 208 g/mol. The molecule has 4 nitrogen and oxygen atoms in total. The fourth-order valence-corrected chi connectivity index (χ4v) is 1.66. The number of aliphatic hydroxyl groups excluding tert-OH is 1. The van der Waals surface area contributed by atoms with E-state index in [1.54, 1.807) is 7.11 Å². The molecule has 0 amide bonds. The van der Waals surface area contributed by atoms with Crippen molar-refractivity contribution in [1.82, 2.24) is 0 Å². The maximum absolute atomic E-state index is 9.54. The maximum Gasteiger partial charge on any atom is 0.110 e. The molecule has 0 aromatic carbocycles. The van der Waals surface area contributed by atoms with E-state index < -0.39 is 0 Å². The van der Waals surface area contributed by atoms with Crippen LogP contribution in [0.4, 0.5) is 0 Å². The number of hydrogen-bond acceptors (Lipinski definition) is 4. The molecule has 0 saturated heterocycles. The highest BCUT2D eigenvalue weighted by molar-refractivity contribution is 4.92. The van der Waals surface area contributed by atoms with Crippen molar-refractivity contribution < 1.29 is 19.3 Å². The molecule has 0 spiro atoms. The van der Waals surface area contributed by atoms with Crippen molar-refractivity contribution in [2.45, 2.75) is 45.0 Å². The van der Waals surface area contributed by atoms with Crippen molar-refractivity contribution in [2.75, 3.05) is 26.9 Å². The van der Waals surface area contributed by atoms with Gasteiger partial charge in [-0.2, -0.15) is 0 Å². The third-order valence-corrected chi connectivity index (χ3v) is 2.84. The summed E-state index contributed by atoms with van der Waals surface area (Å²) in [6.45, 7) is 6.17. The van der Waals surface area contributed by atoms with Gasteiger partial charge < -0.3 is 19.3 Å². The number of rotatable bonds is 8. The topological polar surface area (TPSA) is 47.9 Å². The zero-order chi connectivity index (χ0) is 12.0. The van der Waals surface area contributed by atoms with Crippen LogP contribution in [0.15, 0.2) is 0 Å². The first-order chi connectivity index (χ1) is 7.65. The van der Waals surface area contributed by atoms with E-state index in [-0.39, 0.29) is 18.3 Å². The second-order valence-corrected chi connectivity index (χ2v) is 4.72. The fraction of sp³-hybridized carbons (Fsp3) is 1.00. The van der Waals surface area contributed by atoms with Gasteiger partial charge in [0.15, 0.2) is 0 Å². The molecule has 1 N–H and O–H groups in total. The first-order valence-corrected chi connectivity index (χ1v) is 6.05. The van der Waals surface area contributed by atoms with Crippen LogP contribution in [-0.2, 0) is 14.2 Å². The van der Waals surface area contributed by atoms with Crippen molar-refractivity contribution in [1.29, 1.82) is 0 Å². The number of hydrogen-bond donors (Lipinski definition) is 1. The molecule has 1 fully saturated rings. The Bertz CT molecular complexity index is 184. The lowest BCUT2D eigenvalue weighted by Gasteiger charge is -2.40. The zero-order valence-corrected chi connectivity index (χ0v) is 10.5. The molecule has 0 bridgehead atoms. The Hall–Kier alpha value is -0.160. The Kier molecular flexibility index (Phi) is 6.28. The lowest BCUT2D eigenvalue weighted by molar-refractivity contribution is -0.196. The molecule has 0 heterocycles. The van der Waals surface area contributed by atoms with Crippen molar-refractivity contribution in [3.05, 3.63) is 0 Å². The first kappa shape index (κ1) is 13.9. The Morgan fingerprint density at radius 3 is 2.50 bits per heavy atom. The minimum Gasteiger partial charge on any atom is -0.390 e. The fourth-order valence-electron chi connectivity index (χ4n) is 1.66. The van der Waals surface area contributed by atoms with Crippen LogP contribution in [0.25, 0.3) is 0 Å². The van der Waals surface area contributed by atoms with E-state index in [1.165, 1.54) is 0 Å². The Morgan fingerprint density at radius 1 is 1.19 bits per heavy atom. The Labute approximate surface area is 97.9 Å². The van der Waals surface area contributed by atoms with E-state index in [4.69, 9.17) is 14.2 Å². The molecule has 3 unspecified atom stereocenters. The highest BCUT2D eigenvalue weighted by Crippen LogP contribution is 2.27. The normalized spacial score (nSPS) is 29.4. The Balaban J connectivity index is 2.11. The molecule has 1 aliphatic rings. The molecule has 4 heteroatoms. The highest BCUT2D eigenvalue weighted by Gasteiger charge is 2.41. The van der Waals surface area contributed by atoms with Crippen molar-refractivity contribution in [2.24, 2.45) is 5.92 Å². The van der Waals surface area contributed by atoms with Gasteiger partial charge in [0.25, 0.3) is 0 Å². The van der Waals surface area contributed by atoms with Crippen molar-refractivity contribution >= 4 is 0 Å². The van der Waals surface area contributed by atoms with Crippen LogP contribution in [0.1, 0.15) is 26.7 Å². The van der Waals surface area contributed by atoms with Gasteiger partial charge in [-0.15, -0.1) is 0 Å². The largest absolute Gasteiger partial charge is 0.390 e. The molecule has 0 aromatic heterocycles. The summed E-state index contributed by atoms with van der Waals surface area (Å²) in [5, 5.41) is 9.54. The average molecular weight is 232 g/mol. The van der Waals surface area contributed by atoms with Crippen molar-refractivity contribution in [3.8, 4) is 0 Å². The SMILES string of the molecule is COCCOC1C(O)CC1OCCC(C)C. The van der Waals surface area contributed by atoms with Crippen LogP contribution in [0.2, 0.25) is 0 Å². The van der Waals surface area contributed by atoms with E-state index in [2.05, 4.69) is 13.8 Å². The van der Waals surface area contributed by atoms with Gasteiger partial charge in [-0.25, -0.2) is 0 Å². The molecule has 0 aliphatic heterocycles. The Morgan fingerprint density at radius 2 is 1.94 bits per heavy atom. The van der Waals surface area contributed by atoms with Crippen LogP contribution < -0.4 is 0 Å². The smallest absolute Gasteiger partial charge is 0.110 e. The minimum atomic E-state index is -0.374. The second-order valence-electron chi connectivity index (χ2n) is 4.72. The van der Waals surface area contributed by atoms with Gasteiger partial charge in [0, 0.05) is 20.1 Å².